The molecule has 0 atom stereocenters. The van der Waals surface area contributed by atoms with Crippen molar-refractivity contribution in [3.63, 3.8) is 0 Å². The van der Waals surface area contributed by atoms with Gasteiger partial charge in [0, 0.05) is 34.5 Å². The van der Waals surface area contributed by atoms with Crippen molar-refractivity contribution in [3.05, 3.63) is 64.3 Å². The smallest absolute Gasteiger partial charge is 0.262 e. The van der Waals surface area contributed by atoms with Crippen LogP contribution in [0, 0.1) is 12.8 Å². The first-order valence-electron chi connectivity index (χ1n) is 11.3. The summed E-state index contributed by atoms with van der Waals surface area (Å²) in [4.78, 5) is 26.2. The molecule has 0 aliphatic carbocycles. The molecule has 0 unspecified atom stereocenters. The molecule has 0 N–H and O–H groups in total. The molecule has 0 bridgehead atoms. The van der Waals surface area contributed by atoms with E-state index in [4.69, 9.17) is 16.3 Å². The Kier molecular flexibility index (Phi) is 8.14. The molecule has 5 heteroatoms. The Bertz CT molecular complexity index is 1100. The lowest BCUT2D eigenvalue weighted by molar-refractivity contribution is -0.118. The zero-order valence-electron chi connectivity index (χ0n) is 19.4. The number of carbonyl (C=O) groups is 2. The number of nitrogens with zero attached hydrogens (tertiary/aromatic N) is 1. The van der Waals surface area contributed by atoms with Gasteiger partial charge in [0.2, 0.25) is 0 Å². The number of fused-ring (bicyclic) bond motifs is 1. The number of benzene rings is 2. The second-order valence-corrected chi connectivity index (χ2v) is 9.24. The van der Waals surface area contributed by atoms with Gasteiger partial charge in [-0.3, -0.25) is 14.2 Å². The first-order chi connectivity index (χ1) is 15.3. The standard InChI is InChI=1S/C27H32ClNO3/c1-18(2)8-6-5-7-9-22(30)16-24-19(3)29(26-15-14-23(32-4)17-25(24)26)27(31)20-10-12-21(28)13-11-20/h10-15,17-18H,5-9,16H2,1-4H3. The largest absolute Gasteiger partial charge is 0.497 e. The van der Waals surface area contributed by atoms with Crippen molar-refractivity contribution in [1.82, 2.24) is 4.57 Å². The van der Waals surface area contributed by atoms with Gasteiger partial charge in [0.25, 0.3) is 5.91 Å². The lowest BCUT2D eigenvalue weighted by Gasteiger charge is -2.08. The number of methoxy groups -OCH3 is 1. The highest BCUT2D eigenvalue weighted by Gasteiger charge is 2.22. The summed E-state index contributed by atoms with van der Waals surface area (Å²) in [5, 5.41) is 1.47. The fourth-order valence-electron chi connectivity index (χ4n) is 4.13. The van der Waals surface area contributed by atoms with E-state index in [1.165, 1.54) is 6.42 Å². The van der Waals surface area contributed by atoms with Crippen LogP contribution in [0.1, 0.15) is 67.6 Å². The third kappa shape index (κ3) is 5.60. The summed E-state index contributed by atoms with van der Waals surface area (Å²) in [5.74, 6) is 1.48. The Balaban J connectivity index is 1.88. The van der Waals surface area contributed by atoms with Crippen molar-refractivity contribution in [1.29, 1.82) is 0 Å². The first-order valence-corrected chi connectivity index (χ1v) is 11.7. The summed E-state index contributed by atoms with van der Waals surface area (Å²) in [6.45, 7) is 6.36. The van der Waals surface area contributed by atoms with Gasteiger partial charge in [-0.1, -0.05) is 44.7 Å². The molecule has 0 saturated heterocycles. The Morgan fingerprint density at radius 2 is 1.75 bits per heavy atom. The highest BCUT2D eigenvalue weighted by molar-refractivity contribution is 6.30. The quantitative estimate of drug-likeness (QED) is 0.310. The lowest BCUT2D eigenvalue weighted by atomic mass is 10.00. The maximum Gasteiger partial charge on any atom is 0.262 e. The van der Waals surface area contributed by atoms with Gasteiger partial charge in [-0.15, -0.1) is 0 Å². The van der Waals surface area contributed by atoms with Gasteiger partial charge in [-0.05, 0) is 67.3 Å². The molecule has 3 rings (SSSR count). The van der Waals surface area contributed by atoms with E-state index in [0.717, 1.165) is 41.4 Å². The minimum Gasteiger partial charge on any atom is -0.497 e. The number of ether oxygens (including phenoxy) is 1. The van der Waals surface area contributed by atoms with Crippen LogP contribution in [0.15, 0.2) is 42.5 Å². The van der Waals surface area contributed by atoms with Crippen molar-refractivity contribution in [2.75, 3.05) is 7.11 Å². The summed E-state index contributed by atoms with van der Waals surface area (Å²) < 4.78 is 7.10. The highest BCUT2D eigenvalue weighted by Crippen LogP contribution is 2.31. The van der Waals surface area contributed by atoms with Gasteiger partial charge in [0.15, 0.2) is 0 Å². The van der Waals surface area contributed by atoms with E-state index >= 15 is 0 Å². The third-order valence-corrected chi connectivity index (χ3v) is 6.20. The molecule has 0 fully saturated rings. The van der Waals surface area contributed by atoms with Crippen molar-refractivity contribution >= 4 is 34.2 Å². The number of ketones is 1. The summed E-state index contributed by atoms with van der Waals surface area (Å²) in [5.41, 5.74) is 3.02. The van der Waals surface area contributed by atoms with Crippen LogP contribution in [0.5, 0.6) is 5.75 Å². The van der Waals surface area contributed by atoms with Gasteiger partial charge in [0.1, 0.15) is 11.5 Å². The SMILES string of the molecule is COc1ccc2c(c1)c(CC(=O)CCCCCC(C)C)c(C)n2C(=O)c1ccc(Cl)cc1. The van der Waals surface area contributed by atoms with Crippen LogP contribution in [-0.2, 0) is 11.2 Å². The third-order valence-electron chi connectivity index (χ3n) is 5.95. The molecule has 3 aromatic rings. The average molecular weight is 454 g/mol. The molecule has 1 heterocycles. The van der Waals surface area contributed by atoms with Crippen LogP contribution < -0.4 is 4.74 Å². The second kappa shape index (κ2) is 10.8. The average Bonchev–Trinajstić information content (AvgIpc) is 3.03. The van der Waals surface area contributed by atoms with Crippen LogP contribution in [0.3, 0.4) is 0 Å². The van der Waals surface area contributed by atoms with Crippen molar-refractivity contribution in [3.8, 4) is 5.75 Å². The zero-order chi connectivity index (χ0) is 23.3. The molecule has 2 aromatic carbocycles. The number of rotatable bonds is 10. The maximum absolute atomic E-state index is 13.3. The predicted octanol–water partition coefficient (Wildman–Crippen LogP) is 7.02. The number of hydrogen-bond donors (Lipinski definition) is 0. The van der Waals surface area contributed by atoms with E-state index in [1.807, 2.05) is 25.1 Å². The van der Waals surface area contributed by atoms with Crippen LogP contribution in [0.25, 0.3) is 10.9 Å². The number of halogens is 1. The topological polar surface area (TPSA) is 48.3 Å². The van der Waals surface area contributed by atoms with Gasteiger partial charge < -0.3 is 4.74 Å². The van der Waals surface area contributed by atoms with Gasteiger partial charge in [-0.2, -0.15) is 0 Å². The predicted molar refractivity (Wildman–Crippen MR) is 131 cm³/mol. The van der Waals surface area contributed by atoms with Crippen LogP contribution in [-0.4, -0.2) is 23.4 Å². The van der Waals surface area contributed by atoms with Crippen molar-refractivity contribution < 1.29 is 14.3 Å². The molecule has 0 radical (unpaired) electrons. The maximum atomic E-state index is 13.3. The second-order valence-electron chi connectivity index (χ2n) is 8.80. The Morgan fingerprint density at radius 3 is 2.41 bits per heavy atom. The lowest BCUT2D eigenvalue weighted by Crippen LogP contribution is -2.14. The normalized spacial score (nSPS) is 11.3. The Morgan fingerprint density at radius 1 is 1.03 bits per heavy atom. The fraction of sp³-hybridized carbons (Fsp3) is 0.407. The molecular formula is C27H32ClNO3. The molecule has 0 aliphatic rings. The van der Waals surface area contributed by atoms with Crippen LogP contribution in [0.4, 0.5) is 0 Å². The van der Waals surface area contributed by atoms with Crippen LogP contribution in [0.2, 0.25) is 5.02 Å². The van der Waals surface area contributed by atoms with Crippen molar-refractivity contribution in [2.45, 2.75) is 59.3 Å². The van der Waals surface area contributed by atoms with E-state index in [-0.39, 0.29) is 11.7 Å². The minimum atomic E-state index is -0.137. The number of hydrogen-bond acceptors (Lipinski definition) is 3. The minimum absolute atomic E-state index is 0.137. The van der Waals surface area contributed by atoms with E-state index in [1.54, 1.807) is 35.9 Å². The monoisotopic (exact) mass is 453 g/mol. The van der Waals surface area contributed by atoms with Gasteiger partial charge >= 0.3 is 0 Å². The molecular weight excluding hydrogens is 422 g/mol. The van der Waals surface area contributed by atoms with E-state index in [9.17, 15) is 9.59 Å². The molecule has 32 heavy (non-hydrogen) atoms. The summed E-state index contributed by atoms with van der Waals surface area (Å²) >= 11 is 5.99. The van der Waals surface area contributed by atoms with Gasteiger partial charge in [-0.25, -0.2) is 0 Å². The van der Waals surface area contributed by atoms with Crippen LogP contribution >= 0.6 is 11.6 Å². The zero-order valence-corrected chi connectivity index (χ0v) is 20.2. The summed E-state index contributed by atoms with van der Waals surface area (Å²) in [6.07, 6.45) is 5.24. The van der Waals surface area contributed by atoms with Gasteiger partial charge in [0.05, 0.1) is 12.6 Å². The summed E-state index contributed by atoms with van der Waals surface area (Å²) in [7, 11) is 1.62. The molecule has 1 aromatic heterocycles. The highest BCUT2D eigenvalue weighted by atomic mass is 35.5. The Labute approximate surface area is 195 Å². The molecule has 0 amide bonds. The molecule has 4 nitrogen and oxygen atoms in total. The van der Waals surface area contributed by atoms with E-state index in [2.05, 4.69) is 13.8 Å². The number of unbranched alkanes of at least 4 members (excludes halogenated alkanes) is 2. The van der Waals surface area contributed by atoms with Crippen molar-refractivity contribution in [2.24, 2.45) is 5.92 Å². The number of Topliss-reactive ketones (excluding diaryl/α,β-unsaturated/α-hetero) is 1. The first kappa shape index (κ1) is 24.1. The van der Waals surface area contributed by atoms with E-state index < -0.39 is 0 Å². The Hall–Kier alpha value is -2.59. The summed E-state index contributed by atoms with van der Waals surface area (Å²) in [6, 6.07) is 12.5. The molecule has 0 saturated carbocycles. The number of carbonyl (C=O) groups excluding carboxylic acids is 2. The number of aromatic nitrogens is 1. The van der Waals surface area contributed by atoms with E-state index in [0.29, 0.717) is 35.1 Å². The molecule has 170 valence electrons. The fourth-order valence-corrected chi connectivity index (χ4v) is 4.26. The molecule has 0 spiro atoms. The molecule has 0 aliphatic heterocycles.